The maximum atomic E-state index is 12.7. The molecular weight excluding hydrogens is 453 g/mol. The van der Waals surface area contributed by atoms with Crippen molar-refractivity contribution in [3.63, 3.8) is 0 Å². The van der Waals surface area contributed by atoms with Crippen molar-refractivity contribution < 1.29 is 14.3 Å². The molecule has 1 aliphatic heterocycles. The standard InChI is InChI=1S/C19H24Cl3N5O3/c1-19(2,3)30-18(28)27-7-6-11(12(27)9-29-5)26(4)16-10-8-23-15(21)13(20)14(10)24-17(22)25-16/h8,11-12H,6-7,9H2,1-5H3/t11-,12-/m0/s1. The Morgan fingerprint density at radius 2 is 2.00 bits per heavy atom. The number of rotatable bonds is 4. The molecule has 30 heavy (non-hydrogen) atoms. The lowest BCUT2D eigenvalue weighted by Crippen LogP contribution is -2.49. The average Bonchev–Trinajstić information content (AvgIpc) is 3.07. The van der Waals surface area contributed by atoms with Crippen LogP contribution in [-0.4, -0.2) is 70.9 Å². The highest BCUT2D eigenvalue weighted by atomic mass is 35.5. The number of hydrogen-bond donors (Lipinski definition) is 0. The minimum Gasteiger partial charge on any atom is -0.444 e. The number of nitrogens with zero attached hydrogens (tertiary/aromatic N) is 5. The Labute approximate surface area is 190 Å². The molecule has 0 aliphatic carbocycles. The second-order valence-corrected chi connectivity index (χ2v) is 9.18. The van der Waals surface area contributed by atoms with Crippen LogP contribution in [0.2, 0.25) is 15.5 Å². The summed E-state index contributed by atoms with van der Waals surface area (Å²) in [7, 11) is 3.48. The fourth-order valence-electron chi connectivity index (χ4n) is 3.63. The van der Waals surface area contributed by atoms with Gasteiger partial charge in [-0.1, -0.05) is 23.2 Å². The maximum absolute atomic E-state index is 12.7. The fraction of sp³-hybridized carbons (Fsp3) is 0.579. The average molecular weight is 477 g/mol. The predicted octanol–water partition coefficient (Wildman–Crippen LogP) is 4.45. The van der Waals surface area contributed by atoms with Gasteiger partial charge < -0.3 is 19.3 Å². The Bertz CT molecular complexity index is 953. The lowest BCUT2D eigenvalue weighted by Gasteiger charge is -2.34. The van der Waals surface area contributed by atoms with E-state index in [0.29, 0.717) is 36.3 Å². The SMILES string of the molecule is COC[C@H]1[C@@H](N(C)c2nc(Cl)nc3c(Cl)c(Cl)ncc23)CCN1C(=O)OC(C)(C)C. The summed E-state index contributed by atoms with van der Waals surface area (Å²) < 4.78 is 11.0. The molecule has 3 rings (SSSR count). The lowest BCUT2D eigenvalue weighted by molar-refractivity contribution is 0.0136. The molecule has 0 bridgehead atoms. The largest absolute Gasteiger partial charge is 0.444 e. The van der Waals surface area contributed by atoms with Crippen molar-refractivity contribution in [2.24, 2.45) is 0 Å². The van der Waals surface area contributed by atoms with Crippen molar-refractivity contribution in [3.05, 3.63) is 21.7 Å². The molecule has 0 spiro atoms. The number of likely N-dealkylation sites (N-methyl/N-ethyl adjacent to an activating group) is 1. The molecule has 1 amide bonds. The third-order valence-corrected chi connectivity index (χ3v) is 5.81. The molecule has 2 aromatic rings. The van der Waals surface area contributed by atoms with Gasteiger partial charge in [-0.15, -0.1) is 0 Å². The highest BCUT2D eigenvalue weighted by Gasteiger charge is 2.41. The van der Waals surface area contributed by atoms with Gasteiger partial charge in [0.15, 0.2) is 0 Å². The summed E-state index contributed by atoms with van der Waals surface area (Å²) in [5.74, 6) is 0.549. The van der Waals surface area contributed by atoms with E-state index in [0.717, 1.165) is 0 Å². The molecule has 0 radical (unpaired) electrons. The number of fused-ring (bicyclic) bond motifs is 1. The number of hydrogen-bond acceptors (Lipinski definition) is 7. The zero-order valence-electron chi connectivity index (χ0n) is 17.4. The molecule has 11 heteroatoms. The number of ether oxygens (including phenoxy) is 2. The topological polar surface area (TPSA) is 80.7 Å². The van der Waals surface area contributed by atoms with Crippen LogP contribution in [0.5, 0.6) is 0 Å². The lowest BCUT2D eigenvalue weighted by atomic mass is 10.1. The number of carbonyl (C=O) groups is 1. The monoisotopic (exact) mass is 475 g/mol. The molecular formula is C19H24Cl3N5O3. The minimum absolute atomic E-state index is 0.0406. The second kappa shape index (κ2) is 8.86. The van der Waals surface area contributed by atoms with Crippen molar-refractivity contribution in [1.29, 1.82) is 0 Å². The maximum Gasteiger partial charge on any atom is 0.410 e. The number of methoxy groups -OCH3 is 1. The number of aromatic nitrogens is 3. The van der Waals surface area contributed by atoms with Gasteiger partial charge in [0.2, 0.25) is 5.28 Å². The molecule has 2 atom stereocenters. The molecule has 1 aliphatic rings. The summed E-state index contributed by atoms with van der Waals surface area (Å²) in [6.07, 6.45) is 1.89. The summed E-state index contributed by atoms with van der Waals surface area (Å²) in [5.41, 5.74) is -0.166. The van der Waals surface area contributed by atoms with Gasteiger partial charge in [-0.05, 0) is 38.8 Å². The van der Waals surface area contributed by atoms with E-state index in [1.165, 1.54) is 0 Å². The number of likely N-dealkylation sites (tertiary alicyclic amines) is 1. The summed E-state index contributed by atoms with van der Waals surface area (Å²) >= 11 is 18.5. The van der Waals surface area contributed by atoms with Crippen molar-refractivity contribution in [3.8, 4) is 0 Å². The molecule has 0 saturated carbocycles. The van der Waals surface area contributed by atoms with Gasteiger partial charge in [0.05, 0.1) is 24.1 Å². The molecule has 0 aromatic carbocycles. The Kier molecular flexibility index (Phi) is 6.81. The van der Waals surface area contributed by atoms with Gasteiger partial charge in [0.1, 0.15) is 27.1 Å². The highest BCUT2D eigenvalue weighted by Crippen LogP contribution is 2.35. The Hall–Kier alpha value is -1.61. The molecule has 2 aromatic heterocycles. The first-order valence-corrected chi connectivity index (χ1v) is 10.6. The Balaban J connectivity index is 1.97. The Morgan fingerprint density at radius 1 is 1.30 bits per heavy atom. The summed E-state index contributed by atoms with van der Waals surface area (Å²) in [6, 6.07) is -0.338. The smallest absolute Gasteiger partial charge is 0.410 e. The summed E-state index contributed by atoms with van der Waals surface area (Å²) in [5, 5.41) is 1.01. The van der Waals surface area contributed by atoms with Crippen LogP contribution < -0.4 is 4.90 Å². The van der Waals surface area contributed by atoms with Crippen LogP contribution in [0.15, 0.2) is 6.20 Å². The quantitative estimate of drug-likeness (QED) is 0.476. The molecule has 0 N–H and O–H groups in total. The van der Waals surface area contributed by atoms with Crippen LogP contribution in [0.1, 0.15) is 27.2 Å². The molecule has 8 nitrogen and oxygen atoms in total. The molecule has 0 unspecified atom stereocenters. The van der Waals surface area contributed by atoms with Gasteiger partial charge in [-0.2, -0.15) is 4.98 Å². The van der Waals surface area contributed by atoms with Crippen LogP contribution in [0.4, 0.5) is 10.6 Å². The highest BCUT2D eigenvalue weighted by molar-refractivity contribution is 6.44. The molecule has 3 heterocycles. The van der Waals surface area contributed by atoms with Gasteiger partial charge in [-0.25, -0.2) is 14.8 Å². The van der Waals surface area contributed by atoms with Gasteiger partial charge in [0.25, 0.3) is 0 Å². The predicted molar refractivity (Wildman–Crippen MR) is 118 cm³/mol. The van der Waals surface area contributed by atoms with Gasteiger partial charge >= 0.3 is 6.09 Å². The normalized spacial score (nSPS) is 19.4. The van der Waals surface area contributed by atoms with Gasteiger partial charge in [0, 0.05) is 26.9 Å². The van der Waals surface area contributed by atoms with E-state index in [1.807, 2.05) is 32.7 Å². The van der Waals surface area contributed by atoms with Crippen LogP contribution in [0, 0.1) is 0 Å². The number of anilines is 1. The number of halogens is 3. The van der Waals surface area contributed by atoms with E-state index in [1.54, 1.807) is 18.2 Å². The second-order valence-electron chi connectivity index (χ2n) is 8.10. The minimum atomic E-state index is -0.587. The third-order valence-electron chi connectivity index (χ3n) is 4.90. The van der Waals surface area contributed by atoms with Gasteiger partial charge in [-0.3, -0.25) is 0 Å². The summed E-state index contributed by atoms with van der Waals surface area (Å²) in [6.45, 7) is 6.39. The molecule has 164 valence electrons. The number of carbonyl (C=O) groups excluding carboxylic acids is 1. The van der Waals surface area contributed by atoms with Crippen molar-refractivity contribution in [1.82, 2.24) is 19.9 Å². The van der Waals surface area contributed by atoms with Crippen LogP contribution in [0.25, 0.3) is 10.9 Å². The van der Waals surface area contributed by atoms with Crippen LogP contribution >= 0.6 is 34.8 Å². The van der Waals surface area contributed by atoms with E-state index in [9.17, 15) is 4.79 Å². The van der Waals surface area contributed by atoms with Crippen LogP contribution in [-0.2, 0) is 9.47 Å². The van der Waals surface area contributed by atoms with Crippen molar-refractivity contribution in [2.75, 3.05) is 32.2 Å². The first-order chi connectivity index (χ1) is 14.0. The van der Waals surface area contributed by atoms with E-state index in [-0.39, 0.29) is 33.6 Å². The number of pyridine rings is 1. The zero-order valence-corrected chi connectivity index (χ0v) is 19.7. The van der Waals surface area contributed by atoms with Crippen molar-refractivity contribution in [2.45, 2.75) is 44.9 Å². The number of amides is 1. The molecule has 1 saturated heterocycles. The van der Waals surface area contributed by atoms with E-state index in [2.05, 4.69) is 15.0 Å². The fourth-order valence-corrected chi connectivity index (χ4v) is 4.12. The first kappa shape index (κ1) is 23.1. The Morgan fingerprint density at radius 3 is 2.63 bits per heavy atom. The van der Waals surface area contributed by atoms with Crippen LogP contribution in [0.3, 0.4) is 0 Å². The summed E-state index contributed by atoms with van der Waals surface area (Å²) in [4.78, 5) is 29.1. The van der Waals surface area contributed by atoms with E-state index in [4.69, 9.17) is 44.3 Å². The zero-order chi connectivity index (χ0) is 22.2. The third kappa shape index (κ3) is 4.66. The van der Waals surface area contributed by atoms with E-state index >= 15 is 0 Å². The first-order valence-electron chi connectivity index (χ1n) is 9.42. The molecule has 1 fully saturated rings. The van der Waals surface area contributed by atoms with E-state index < -0.39 is 5.60 Å². The van der Waals surface area contributed by atoms with Crippen molar-refractivity contribution >= 4 is 57.6 Å².